The molecule has 2 amide bonds. The summed E-state index contributed by atoms with van der Waals surface area (Å²) in [5.41, 5.74) is 2.42. The number of para-hydroxylation sites is 1. The Morgan fingerprint density at radius 1 is 0.926 bits per heavy atom. The predicted octanol–water partition coefficient (Wildman–Crippen LogP) is 3.80. The van der Waals surface area contributed by atoms with Gasteiger partial charge in [-0.15, -0.1) is 0 Å². The van der Waals surface area contributed by atoms with Crippen LogP contribution in [0.2, 0.25) is 0 Å². The fourth-order valence-electron chi connectivity index (χ4n) is 2.79. The summed E-state index contributed by atoms with van der Waals surface area (Å²) in [5, 5.41) is 5.83. The number of carbonyl (C=O) groups excluding carboxylic acids is 1. The lowest BCUT2D eigenvalue weighted by Crippen LogP contribution is -2.36. The van der Waals surface area contributed by atoms with Crippen LogP contribution in [0.15, 0.2) is 54.6 Å². The molecule has 0 unspecified atom stereocenters. The van der Waals surface area contributed by atoms with Crippen molar-refractivity contribution in [3.05, 3.63) is 65.7 Å². The molecule has 2 aromatic carbocycles. The zero-order valence-electron chi connectivity index (χ0n) is 16.4. The highest BCUT2D eigenvalue weighted by atomic mass is 16.5. The SMILES string of the molecule is CCN(CC)Cc1ccccc1CNC(=O)NCCCOc1ccccc1. The Kier molecular flexibility index (Phi) is 9.21. The second kappa shape index (κ2) is 12.0. The minimum atomic E-state index is -0.146. The topological polar surface area (TPSA) is 53.6 Å². The Morgan fingerprint density at radius 2 is 1.59 bits per heavy atom. The number of ether oxygens (including phenoxy) is 1. The number of carbonyl (C=O) groups is 1. The molecule has 2 rings (SSSR count). The van der Waals surface area contributed by atoms with Gasteiger partial charge in [-0.2, -0.15) is 0 Å². The average molecular weight is 370 g/mol. The Balaban J connectivity index is 1.68. The van der Waals surface area contributed by atoms with Crippen LogP contribution in [0.25, 0.3) is 0 Å². The van der Waals surface area contributed by atoms with Gasteiger partial charge in [0.1, 0.15) is 5.75 Å². The van der Waals surface area contributed by atoms with E-state index < -0.39 is 0 Å². The molecule has 0 aliphatic carbocycles. The molecule has 2 aromatic rings. The van der Waals surface area contributed by atoms with Crippen LogP contribution in [0.1, 0.15) is 31.4 Å². The maximum Gasteiger partial charge on any atom is 0.315 e. The fraction of sp³-hybridized carbons (Fsp3) is 0.409. The molecule has 0 radical (unpaired) electrons. The van der Waals surface area contributed by atoms with E-state index in [-0.39, 0.29) is 6.03 Å². The predicted molar refractivity (Wildman–Crippen MR) is 110 cm³/mol. The van der Waals surface area contributed by atoms with Gasteiger partial charge in [0, 0.05) is 19.6 Å². The third-order valence-electron chi connectivity index (χ3n) is 4.46. The van der Waals surface area contributed by atoms with E-state index in [1.54, 1.807) is 0 Å². The lowest BCUT2D eigenvalue weighted by Gasteiger charge is -2.20. The van der Waals surface area contributed by atoms with Crippen LogP contribution < -0.4 is 15.4 Å². The van der Waals surface area contributed by atoms with Crippen molar-refractivity contribution >= 4 is 6.03 Å². The van der Waals surface area contributed by atoms with Gasteiger partial charge in [0.15, 0.2) is 0 Å². The monoisotopic (exact) mass is 369 g/mol. The van der Waals surface area contributed by atoms with E-state index in [4.69, 9.17) is 4.74 Å². The molecule has 0 aliphatic heterocycles. The van der Waals surface area contributed by atoms with E-state index >= 15 is 0 Å². The van der Waals surface area contributed by atoms with Gasteiger partial charge >= 0.3 is 6.03 Å². The third kappa shape index (κ3) is 7.71. The maximum atomic E-state index is 12.0. The van der Waals surface area contributed by atoms with Crippen LogP contribution in [-0.2, 0) is 13.1 Å². The Labute approximate surface area is 162 Å². The number of hydrogen-bond donors (Lipinski definition) is 2. The van der Waals surface area contributed by atoms with Gasteiger partial charge < -0.3 is 15.4 Å². The van der Waals surface area contributed by atoms with E-state index in [0.29, 0.717) is 19.7 Å². The molecule has 2 N–H and O–H groups in total. The van der Waals surface area contributed by atoms with Crippen molar-refractivity contribution in [1.82, 2.24) is 15.5 Å². The summed E-state index contributed by atoms with van der Waals surface area (Å²) < 4.78 is 5.61. The maximum absolute atomic E-state index is 12.0. The summed E-state index contributed by atoms with van der Waals surface area (Å²) in [4.78, 5) is 14.4. The van der Waals surface area contributed by atoms with Crippen LogP contribution >= 0.6 is 0 Å². The zero-order valence-corrected chi connectivity index (χ0v) is 16.4. The van der Waals surface area contributed by atoms with Crippen LogP contribution in [0.3, 0.4) is 0 Å². The quantitative estimate of drug-likeness (QED) is 0.593. The van der Waals surface area contributed by atoms with Crippen molar-refractivity contribution in [3.8, 4) is 5.75 Å². The molecule has 27 heavy (non-hydrogen) atoms. The highest BCUT2D eigenvalue weighted by Gasteiger charge is 2.07. The molecular weight excluding hydrogens is 338 g/mol. The number of rotatable bonds is 11. The molecule has 0 atom stereocenters. The van der Waals surface area contributed by atoms with Crippen molar-refractivity contribution in [3.63, 3.8) is 0 Å². The van der Waals surface area contributed by atoms with E-state index in [0.717, 1.165) is 37.4 Å². The minimum absolute atomic E-state index is 0.146. The largest absolute Gasteiger partial charge is 0.494 e. The normalized spacial score (nSPS) is 10.6. The number of nitrogens with one attached hydrogen (secondary N) is 2. The van der Waals surface area contributed by atoms with Gasteiger partial charge in [0.2, 0.25) is 0 Å². The lowest BCUT2D eigenvalue weighted by molar-refractivity contribution is 0.238. The lowest BCUT2D eigenvalue weighted by atomic mass is 10.1. The van der Waals surface area contributed by atoms with Gasteiger partial charge in [-0.1, -0.05) is 56.3 Å². The number of nitrogens with zero attached hydrogens (tertiary/aromatic N) is 1. The zero-order chi connectivity index (χ0) is 19.3. The molecule has 0 heterocycles. The molecule has 0 bridgehead atoms. The van der Waals surface area contributed by atoms with E-state index in [1.165, 1.54) is 5.56 Å². The first kappa shape index (κ1) is 20.8. The Bertz CT molecular complexity index is 672. The molecule has 0 saturated carbocycles. The first-order chi connectivity index (χ1) is 13.2. The minimum Gasteiger partial charge on any atom is -0.494 e. The van der Waals surface area contributed by atoms with Crippen LogP contribution in [0, 0.1) is 0 Å². The summed E-state index contributed by atoms with van der Waals surface area (Å²) >= 11 is 0. The molecule has 5 nitrogen and oxygen atoms in total. The van der Waals surface area contributed by atoms with Crippen molar-refractivity contribution in [2.24, 2.45) is 0 Å². The van der Waals surface area contributed by atoms with Crippen molar-refractivity contribution in [2.75, 3.05) is 26.2 Å². The summed E-state index contributed by atoms with van der Waals surface area (Å²) in [5.74, 6) is 0.853. The first-order valence-electron chi connectivity index (χ1n) is 9.71. The van der Waals surface area contributed by atoms with Gasteiger partial charge in [0.05, 0.1) is 6.61 Å². The highest BCUT2D eigenvalue weighted by molar-refractivity contribution is 5.73. The smallest absolute Gasteiger partial charge is 0.315 e. The number of hydrogen-bond acceptors (Lipinski definition) is 3. The first-order valence-corrected chi connectivity index (χ1v) is 9.71. The van der Waals surface area contributed by atoms with Gasteiger partial charge in [-0.25, -0.2) is 4.79 Å². The molecule has 0 spiro atoms. The molecule has 0 aromatic heterocycles. The third-order valence-corrected chi connectivity index (χ3v) is 4.46. The van der Waals surface area contributed by atoms with Crippen LogP contribution in [0.4, 0.5) is 4.79 Å². The molecule has 0 fully saturated rings. The van der Waals surface area contributed by atoms with E-state index in [9.17, 15) is 4.79 Å². The van der Waals surface area contributed by atoms with Crippen LogP contribution in [0.5, 0.6) is 5.75 Å². The number of benzene rings is 2. The average Bonchev–Trinajstić information content (AvgIpc) is 2.71. The summed E-state index contributed by atoms with van der Waals surface area (Å²) in [6.07, 6.45) is 0.765. The van der Waals surface area contributed by atoms with Crippen molar-refractivity contribution < 1.29 is 9.53 Å². The highest BCUT2D eigenvalue weighted by Crippen LogP contribution is 2.11. The van der Waals surface area contributed by atoms with Gasteiger partial charge in [0.25, 0.3) is 0 Å². The van der Waals surface area contributed by atoms with Gasteiger partial charge in [-0.05, 0) is 42.8 Å². The second-order valence-electron chi connectivity index (χ2n) is 6.35. The molecular formula is C22H31N3O2. The van der Waals surface area contributed by atoms with E-state index in [2.05, 4.69) is 47.6 Å². The number of amides is 2. The fourth-order valence-corrected chi connectivity index (χ4v) is 2.79. The Hall–Kier alpha value is -2.53. The Morgan fingerprint density at radius 3 is 2.30 bits per heavy atom. The summed E-state index contributed by atoms with van der Waals surface area (Å²) in [6, 6.07) is 17.8. The second-order valence-corrected chi connectivity index (χ2v) is 6.35. The van der Waals surface area contributed by atoms with Crippen molar-refractivity contribution in [1.29, 1.82) is 0 Å². The molecule has 5 heteroatoms. The number of urea groups is 1. The molecule has 0 aliphatic rings. The van der Waals surface area contributed by atoms with Crippen molar-refractivity contribution in [2.45, 2.75) is 33.4 Å². The van der Waals surface area contributed by atoms with E-state index in [1.807, 2.05) is 36.4 Å². The molecule has 146 valence electrons. The molecule has 0 saturated heterocycles. The summed E-state index contributed by atoms with van der Waals surface area (Å²) in [6.45, 7) is 8.97. The van der Waals surface area contributed by atoms with Crippen LogP contribution in [-0.4, -0.2) is 37.2 Å². The van der Waals surface area contributed by atoms with Gasteiger partial charge in [-0.3, -0.25) is 4.90 Å². The standard InChI is InChI=1S/C22H31N3O2/c1-3-25(4-2)18-20-12-9-8-11-19(20)17-24-22(26)23-15-10-16-27-21-13-6-5-7-14-21/h5-9,11-14H,3-4,10,15-18H2,1-2H3,(H2,23,24,26). The summed E-state index contributed by atoms with van der Waals surface area (Å²) in [7, 11) is 0.